The van der Waals surface area contributed by atoms with E-state index in [0.717, 1.165) is 50.6 Å². The van der Waals surface area contributed by atoms with Crippen LogP contribution in [0.1, 0.15) is 12.8 Å². The van der Waals surface area contributed by atoms with Crippen LogP contribution < -0.4 is 0 Å². The van der Waals surface area contributed by atoms with Gasteiger partial charge in [-0.05, 0) is 38.3 Å². The molecule has 2 heterocycles. The van der Waals surface area contributed by atoms with Gasteiger partial charge < -0.3 is 55.9 Å². The third kappa shape index (κ3) is 13.4. The Morgan fingerprint density at radius 3 is 1.38 bits per heavy atom. The third-order valence-electron chi connectivity index (χ3n) is 6.90. The van der Waals surface area contributed by atoms with E-state index in [0.29, 0.717) is 45.5 Å². The maximum Gasteiger partial charge on any atom is 0.349 e. The molecule has 234 valence electrons. The van der Waals surface area contributed by atoms with Crippen LogP contribution in [0.2, 0.25) is 13.1 Å². The van der Waals surface area contributed by atoms with Crippen molar-refractivity contribution in [3.8, 4) is 0 Å². The molecular weight excluding hydrogens is 589 g/mol. The number of methoxy groups -OCH3 is 4. The first kappa shape index (κ1) is 36.6. The molecule has 2 aliphatic heterocycles. The van der Waals surface area contributed by atoms with Gasteiger partial charge in [0.2, 0.25) is 0 Å². The number of rotatable bonds is 21. The highest BCUT2D eigenvalue weighted by molar-refractivity contribution is 6.66. The summed E-state index contributed by atoms with van der Waals surface area (Å²) in [5, 5.41) is 0. The standard InChI is InChI=1S/C24H52N2O10Si4/c1-27-23(28-2)37-17-25-13-21(35-39(7,19-25)31-5)15-33-11-9-10-12-34-16-22-14-26(18-38-24(29-3)30-4)20-40(8,32-6)36-22/h21-24H,9-20H2,1-8H3. The van der Waals surface area contributed by atoms with Gasteiger partial charge >= 0.3 is 17.1 Å². The molecule has 0 aromatic carbocycles. The number of nitrogens with zero attached hydrogens (tertiary/aromatic N) is 2. The molecule has 4 atom stereocenters. The molecule has 16 heteroatoms. The van der Waals surface area contributed by atoms with E-state index in [1.165, 1.54) is 0 Å². The van der Waals surface area contributed by atoms with Gasteiger partial charge in [-0.2, -0.15) is 0 Å². The van der Waals surface area contributed by atoms with Crippen LogP contribution in [-0.4, -0.2) is 177 Å². The summed E-state index contributed by atoms with van der Waals surface area (Å²) in [5.41, 5.74) is 0. The van der Waals surface area contributed by atoms with Gasteiger partial charge in [-0.3, -0.25) is 0 Å². The minimum Gasteiger partial charge on any atom is -0.397 e. The van der Waals surface area contributed by atoms with E-state index in [2.05, 4.69) is 22.9 Å². The summed E-state index contributed by atoms with van der Waals surface area (Å²) in [6, 6.07) is 0. The molecule has 0 amide bonds. The van der Waals surface area contributed by atoms with Crippen molar-refractivity contribution in [2.75, 3.05) is 107 Å². The van der Waals surface area contributed by atoms with Crippen molar-refractivity contribution >= 4 is 36.2 Å². The first-order valence-corrected chi connectivity index (χ1v) is 21.5. The summed E-state index contributed by atoms with van der Waals surface area (Å²) in [5.74, 6) is -0.342. The van der Waals surface area contributed by atoms with E-state index in [9.17, 15) is 0 Å². The second-order valence-electron chi connectivity index (χ2n) is 10.4. The van der Waals surface area contributed by atoms with Gasteiger partial charge in [0, 0.05) is 81.3 Å². The molecule has 12 nitrogen and oxygen atoms in total. The van der Waals surface area contributed by atoms with Crippen molar-refractivity contribution in [1.29, 1.82) is 0 Å². The van der Waals surface area contributed by atoms with Crippen LogP contribution >= 0.6 is 0 Å². The van der Waals surface area contributed by atoms with Gasteiger partial charge in [0.1, 0.15) is 30.9 Å². The van der Waals surface area contributed by atoms with Gasteiger partial charge in [-0.25, -0.2) is 0 Å². The summed E-state index contributed by atoms with van der Waals surface area (Å²) in [4.78, 5) is 4.79. The highest BCUT2D eigenvalue weighted by Crippen LogP contribution is 2.20. The number of unbranched alkanes of at least 4 members (excludes halogenated alkanes) is 1. The molecule has 40 heavy (non-hydrogen) atoms. The second kappa shape index (κ2) is 19.6. The molecule has 0 aromatic heterocycles. The summed E-state index contributed by atoms with van der Waals surface area (Å²) in [6.45, 7) is 8.34. The van der Waals surface area contributed by atoms with Crippen LogP contribution in [0.3, 0.4) is 0 Å². The maximum absolute atomic E-state index is 6.33. The lowest BCUT2D eigenvalue weighted by atomic mass is 10.3. The van der Waals surface area contributed by atoms with Crippen LogP contribution in [0.5, 0.6) is 0 Å². The Balaban J connectivity index is 1.64. The first-order chi connectivity index (χ1) is 19.2. The molecule has 0 aromatic rings. The highest BCUT2D eigenvalue weighted by Gasteiger charge is 2.42. The van der Waals surface area contributed by atoms with Gasteiger partial charge in [-0.1, -0.05) is 0 Å². The molecule has 2 fully saturated rings. The highest BCUT2D eigenvalue weighted by atomic mass is 28.4. The summed E-state index contributed by atoms with van der Waals surface area (Å²) >= 11 is 0. The average Bonchev–Trinajstić information content (AvgIpc) is 2.95. The van der Waals surface area contributed by atoms with Crippen molar-refractivity contribution < 1.29 is 46.1 Å². The Bertz CT molecular complexity index is 619. The van der Waals surface area contributed by atoms with Crippen molar-refractivity contribution in [3.05, 3.63) is 0 Å². The largest absolute Gasteiger partial charge is 0.397 e. The van der Waals surface area contributed by atoms with Crippen LogP contribution in [0.4, 0.5) is 0 Å². The molecule has 2 aliphatic rings. The monoisotopic (exact) mass is 640 g/mol. The predicted octanol–water partition coefficient (Wildman–Crippen LogP) is 0.193. The topological polar surface area (TPSA) is 98.8 Å². The van der Waals surface area contributed by atoms with Crippen molar-refractivity contribution in [2.24, 2.45) is 0 Å². The molecule has 0 N–H and O–H groups in total. The lowest BCUT2D eigenvalue weighted by molar-refractivity contribution is -0.0464. The molecule has 0 saturated carbocycles. The average molecular weight is 641 g/mol. The van der Waals surface area contributed by atoms with E-state index in [-0.39, 0.29) is 24.0 Å². The Labute approximate surface area is 248 Å². The van der Waals surface area contributed by atoms with Crippen molar-refractivity contribution in [2.45, 2.75) is 50.0 Å². The molecule has 0 aliphatic carbocycles. The van der Waals surface area contributed by atoms with E-state index in [4.69, 9.17) is 46.1 Å². The lowest BCUT2D eigenvalue weighted by Crippen LogP contribution is -2.61. The minimum atomic E-state index is -2.25. The Kier molecular flexibility index (Phi) is 17.9. The van der Waals surface area contributed by atoms with Crippen LogP contribution in [-0.2, 0) is 46.1 Å². The Morgan fingerprint density at radius 2 is 1.05 bits per heavy atom. The quantitative estimate of drug-likeness (QED) is 0.0974. The Hall–Kier alpha value is 0.388. The van der Waals surface area contributed by atoms with Gasteiger partial charge in [0.15, 0.2) is 0 Å². The molecule has 0 bridgehead atoms. The smallest absolute Gasteiger partial charge is 0.349 e. The first-order valence-electron chi connectivity index (χ1n) is 13.9. The fourth-order valence-corrected chi connectivity index (χ4v) is 11.6. The molecule has 4 unspecified atom stereocenters. The molecule has 0 spiro atoms. The zero-order valence-electron chi connectivity index (χ0n) is 25.8. The third-order valence-corrected chi connectivity index (χ3v) is 15.2. The maximum atomic E-state index is 6.33. The fraction of sp³-hybridized carbons (Fsp3) is 1.00. The molecular formula is C24H52N2O10Si4. The van der Waals surface area contributed by atoms with Crippen molar-refractivity contribution in [3.63, 3.8) is 0 Å². The van der Waals surface area contributed by atoms with Crippen molar-refractivity contribution in [1.82, 2.24) is 9.80 Å². The van der Waals surface area contributed by atoms with Crippen LogP contribution in [0.15, 0.2) is 0 Å². The number of hydrogen-bond donors (Lipinski definition) is 0. The van der Waals surface area contributed by atoms with E-state index in [1.807, 2.05) is 0 Å². The summed E-state index contributed by atoms with van der Waals surface area (Å²) in [6.07, 6.45) is 5.32. The zero-order chi connectivity index (χ0) is 29.4. The molecule has 4 radical (unpaired) electrons. The minimum absolute atomic E-state index is 0.00397. The Morgan fingerprint density at radius 1 is 0.675 bits per heavy atom. The van der Waals surface area contributed by atoms with E-state index >= 15 is 0 Å². The van der Waals surface area contributed by atoms with Crippen LogP contribution in [0, 0.1) is 0 Å². The van der Waals surface area contributed by atoms with Crippen LogP contribution in [0.25, 0.3) is 0 Å². The normalized spacial score (nSPS) is 28.6. The van der Waals surface area contributed by atoms with Gasteiger partial charge in [0.25, 0.3) is 0 Å². The summed E-state index contributed by atoms with van der Waals surface area (Å²) < 4.78 is 57.6. The fourth-order valence-electron chi connectivity index (χ4n) is 4.78. The number of ether oxygens (including phenoxy) is 6. The number of hydrogen-bond acceptors (Lipinski definition) is 12. The predicted molar refractivity (Wildman–Crippen MR) is 158 cm³/mol. The lowest BCUT2D eigenvalue weighted by Gasteiger charge is -2.42. The summed E-state index contributed by atoms with van der Waals surface area (Å²) in [7, 11) is 6.75. The van der Waals surface area contributed by atoms with Gasteiger partial charge in [-0.15, -0.1) is 0 Å². The van der Waals surface area contributed by atoms with E-state index < -0.39 is 17.1 Å². The van der Waals surface area contributed by atoms with E-state index in [1.54, 1.807) is 42.7 Å². The molecule has 2 rings (SSSR count). The second-order valence-corrected chi connectivity index (χ2v) is 19.2. The SMILES string of the molecule is COC(OC)[Si]CN1CC(COCCCCOCC2CN(C[Si]C(OC)OC)C[Si](C)(OC)O2)O[Si](C)(OC)C1. The zero-order valence-corrected chi connectivity index (χ0v) is 29.8. The molecule has 2 saturated heterocycles. The van der Waals surface area contributed by atoms with Gasteiger partial charge in [0.05, 0.1) is 25.4 Å².